The highest BCUT2D eigenvalue weighted by atomic mass is 32.3. The summed E-state index contributed by atoms with van der Waals surface area (Å²) in [6.07, 6.45) is -0.570. The van der Waals surface area contributed by atoms with Gasteiger partial charge in [-0.05, 0) is 36.3 Å². The zero-order valence-electron chi connectivity index (χ0n) is 18.1. The van der Waals surface area contributed by atoms with Crippen molar-refractivity contribution in [1.29, 1.82) is 0 Å². The maximum absolute atomic E-state index is 12.8. The summed E-state index contributed by atoms with van der Waals surface area (Å²) in [6.45, 7) is 4.88. The fourth-order valence-electron chi connectivity index (χ4n) is 4.76. The van der Waals surface area contributed by atoms with Gasteiger partial charge in [0.15, 0.2) is 5.78 Å². The van der Waals surface area contributed by atoms with E-state index in [0.717, 1.165) is 0 Å². The van der Waals surface area contributed by atoms with Crippen molar-refractivity contribution in [2.75, 3.05) is 6.61 Å². The molecule has 0 amide bonds. The average molecular weight is 490 g/mol. The Balaban J connectivity index is 1.62. The number of carbonyl (C=O) groups excluding carboxylic acids is 3. The van der Waals surface area contributed by atoms with Crippen molar-refractivity contribution in [1.82, 2.24) is 0 Å². The van der Waals surface area contributed by atoms with Crippen LogP contribution in [0.25, 0.3) is 0 Å². The van der Waals surface area contributed by atoms with E-state index in [9.17, 15) is 27.9 Å². The third-order valence-corrected chi connectivity index (χ3v) is 6.61. The molecular weight excluding hydrogens is 468 g/mol. The first kappa shape index (κ1) is 23.9. The standard InChI is InChI=1S/C23H22O10S/c1-11-7-17(32-18(26)8-13-3-5-15(24)6-4-13)20-12(2)23(27)33-22(20)21-14(9-16(25)19(11)21)10-31-34(28,29)30/h3-6,9,17,20-22,24H,2,7-8,10H2,1H3,(H,28,29,30)/t17-,20+,21-,22-/m0/s1. The van der Waals surface area contributed by atoms with E-state index in [0.29, 0.717) is 16.7 Å². The number of fused-ring (bicyclic) bond motifs is 3. The van der Waals surface area contributed by atoms with Gasteiger partial charge in [0, 0.05) is 23.5 Å². The van der Waals surface area contributed by atoms with Gasteiger partial charge in [0.25, 0.3) is 0 Å². The molecule has 4 atom stereocenters. The monoisotopic (exact) mass is 490 g/mol. The summed E-state index contributed by atoms with van der Waals surface area (Å²) in [5.74, 6) is -3.25. The summed E-state index contributed by atoms with van der Waals surface area (Å²) in [5.41, 5.74) is 1.80. The molecule has 0 spiro atoms. The Labute approximate surface area is 195 Å². The first-order valence-corrected chi connectivity index (χ1v) is 11.7. The fourth-order valence-corrected chi connectivity index (χ4v) is 5.05. The molecule has 1 aromatic rings. The van der Waals surface area contributed by atoms with Crippen molar-refractivity contribution < 1.29 is 46.1 Å². The minimum Gasteiger partial charge on any atom is -0.508 e. The molecule has 1 fully saturated rings. The van der Waals surface area contributed by atoms with Crippen LogP contribution in [0.3, 0.4) is 0 Å². The molecule has 2 aliphatic carbocycles. The van der Waals surface area contributed by atoms with Crippen LogP contribution in [0, 0.1) is 11.8 Å². The second-order valence-electron chi connectivity index (χ2n) is 8.44. The molecule has 0 saturated carbocycles. The summed E-state index contributed by atoms with van der Waals surface area (Å²) >= 11 is 0. The molecule has 0 unspecified atom stereocenters. The van der Waals surface area contributed by atoms with Crippen molar-refractivity contribution >= 4 is 28.1 Å². The van der Waals surface area contributed by atoms with Crippen LogP contribution in [0.5, 0.6) is 5.75 Å². The Morgan fingerprint density at radius 1 is 1.24 bits per heavy atom. The van der Waals surface area contributed by atoms with Crippen LogP contribution in [0.1, 0.15) is 18.9 Å². The normalized spacial score (nSPS) is 26.5. The summed E-state index contributed by atoms with van der Waals surface area (Å²) in [6, 6.07) is 6.05. The molecule has 0 bridgehead atoms. The third-order valence-electron chi connectivity index (χ3n) is 6.19. The fraction of sp³-hybridized carbons (Fsp3) is 0.348. The lowest BCUT2D eigenvalue weighted by molar-refractivity contribution is -0.152. The summed E-state index contributed by atoms with van der Waals surface area (Å²) in [7, 11) is -4.77. The van der Waals surface area contributed by atoms with Crippen molar-refractivity contribution in [2.24, 2.45) is 11.8 Å². The lowest BCUT2D eigenvalue weighted by atomic mass is 9.82. The number of hydrogen-bond donors (Lipinski definition) is 2. The van der Waals surface area contributed by atoms with Gasteiger partial charge in [-0.2, -0.15) is 8.42 Å². The zero-order valence-corrected chi connectivity index (χ0v) is 18.9. The molecule has 3 aliphatic rings. The molecule has 180 valence electrons. The van der Waals surface area contributed by atoms with Crippen LogP contribution in [-0.2, 0) is 44.9 Å². The number of allylic oxidation sites excluding steroid dienone is 1. The Bertz CT molecular complexity index is 1240. The van der Waals surface area contributed by atoms with Crippen LogP contribution < -0.4 is 0 Å². The first-order valence-electron chi connectivity index (χ1n) is 10.4. The number of carbonyl (C=O) groups is 3. The zero-order chi connectivity index (χ0) is 24.8. The molecular formula is C23H22O10S. The van der Waals surface area contributed by atoms with Crippen LogP contribution >= 0.6 is 0 Å². The molecule has 11 heteroatoms. The van der Waals surface area contributed by atoms with Crippen LogP contribution in [0.4, 0.5) is 0 Å². The van der Waals surface area contributed by atoms with E-state index in [1.807, 2.05) is 0 Å². The van der Waals surface area contributed by atoms with E-state index in [1.54, 1.807) is 19.1 Å². The molecule has 1 aromatic carbocycles. The molecule has 34 heavy (non-hydrogen) atoms. The van der Waals surface area contributed by atoms with Gasteiger partial charge in [0.1, 0.15) is 18.0 Å². The van der Waals surface area contributed by atoms with Crippen molar-refractivity contribution in [3.05, 3.63) is 64.8 Å². The molecule has 2 N–H and O–H groups in total. The highest BCUT2D eigenvalue weighted by molar-refractivity contribution is 7.80. The predicted molar refractivity (Wildman–Crippen MR) is 116 cm³/mol. The maximum atomic E-state index is 12.8. The Hall–Kier alpha value is -3.28. The topological polar surface area (TPSA) is 154 Å². The number of phenols is 1. The second kappa shape index (κ2) is 8.82. The average Bonchev–Trinajstić information content (AvgIpc) is 3.18. The number of ketones is 1. The molecule has 1 heterocycles. The minimum absolute atomic E-state index is 0.0573. The largest absolute Gasteiger partial charge is 0.508 e. The number of esters is 2. The third kappa shape index (κ3) is 4.67. The van der Waals surface area contributed by atoms with Crippen molar-refractivity contribution in [3.63, 3.8) is 0 Å². The smallest absolute Gasteiger partial charge is 0.397 e. The summed E-state index contributed by atoms with van der Waals surface area (Å²) < 4.78 is 46.8. The Morgan fingerprint density at radius 3 is 2.56 bits per heavy atom. The Morgan fingerprint density at radius 2 is 1.91 bits per heavy atom. The molecule has 10 nitrogen and oxygen atoms in total. The Kier molecular flexibility index (Phi) is 6.19. The number of rotatable bonds is 6. The highest BCUT2D eigenvalue weighted by Gasteiger charge is 2.54. The number of ether oxygens (including phenoxy) is 2. The van der Waals surface area contributed by atoms with Crippen molar-refractivity contribution in [3.8, 4) is 5.75 Å². The highest BCUT2D eigenvalue weighted by Crippen LogP contribution is 2.48. The van der Waals surface area contributed by atoms with E-state index >= 15 is 0 Å². The minimum atomic E-state index is -4.77. The van der Waals surface area contributed by atoms with Gasteiger partial charge >= 0.3 is 22.3 Å². The number of phenolic OH excluding ortho intramolecular Hbond substituents is 1. The quantitative estimate of drug-likeness (QED) is 0.341. The van der Waals surface area contributed by atoms with Crippen LogP contribution in [0.2, 0.25) is 0 Å². The number of benzene rings is 1. The van der Waals surface area contributed by atoms with E-state index in [1.165, 1.54) is 18.2 Å². The van der Waals surface area contributed by atoms with Gasteiger partial charge < -0.3 is 14.6 Å². The molecule has 1 saturated heterocycles. The van der Waals surface area contributed by atoms with Gasteiger partial charge in [-0.3, -0.25) is 14.1 Å². The van der Waals surface area contributed by atoms with Gasteiger partial charge in [-0.15, -0.1) is 0 Å². The number of aromatic hydroxyl groups is 1. The number of hydrogen-bond acceptors (Lipinski definition) is 9. The maximum Gasteiger partial charge on any atom is 0.397 e. The molecule has 1 aliphatic heterocycles. The van der Waals surface area contributed by atoms with Crippen LogP contribution in [0.15, 0.2) is 59.2 Å². The SMILES string of the molecule is C=C1C(=O)O[C@@H]2[C@H]3C(COS(=O)(=O)O)=CC(=O)C3=C(C)C[C@H](OC(=O)Cc3ccc(O)cc3)[C@@H]12. The molecule has 0 aromatic heterocycles. The second-order valence-corrected chi connectivity index (χ2v) is 9.53. The van der Waals surface area contributed by atoms with E-state index in [4.69, 9.17) is 14.0 Å². The first-order chi connectivity index (χ1) is 15.9. The van der Waals surface area contributed by atoms with Gasteiger partial charge in [0.05, 0.1) is 18.9 Å². The lowest BCUT2D eigenvalue weighted by Gasteiger charge is -2.28. The van der Waals surface area contributed by atoms with E-state index < -0.39 is 58.8 Å². The lowest BCUT2D eigenvalue weighted by Crippen LogP contribution is -2.37. The molecule has 0 radical (unpaired) electrons. The van der Waals surface area contributed by atoms with Crippen LogP contribution in [-0.4, -0.2) is 54.6 Å². The van der Waals surface area contributed by atoms with E-state index in [2.05, 4.69) is 10.8 Å². The predicted octanol–water partition coefficient (Wildman–Crippen LogP) is 1.61. The summed E-state index contributed by atoms with van der Waals surface area (Å²) in [5, 5.41) is 9.41. The molecule has 4 rings (SSSR count). The van der Waals surface area contributed by atoms with Crippen molar-refractivity contribution in [2.45, 2.75) is 32.0 Å². The van der Waals surface area contributed by atoms with Gasteiger partial charge in [0.2, 0.25) is 0 Å². The van der Waals surface area contributed by atoms with Gasteiger partial charge in [-0.25, -0.2) is 8.98 Å². The van der Waals surface area contributed by atoms with E-state index in [-0.39, 0.29) is 29.7 Å². The van der Waals surface area contributed by atoms with Gasteiger partial charge in [-0.1, -0.05) is 24.3 Å². The summed E-state index contributed by atoms with van der Waals surface area (Å²) in [4.78, 5) is 37.9.